The van der Waals surface area contributed by atoms with Gasteiger partial charge in [0.1, 0.15) is 11.6 Å². The van der Waals surface area contributed by atoms with E-state index < -0.39 is 11.6 Å². The van der Waals surface area contributed by atoms with E-state index in [0.717, 1.165) is 25.9 Å². The summed E-state index contributed by atoms with van der Waals surface area (Å²) in [6.45, 7) is 4.08. The van der Waals surface area contributed by atoms with Gasteiger partial charge in [-0.2, -0.15) is 0 Å². The van der Waals surface area contributed by atoms with Crippen molar-refractivity contribution in [3.8, 4) is 0 Å². The van der Waals surface area contributed by atoms with Gasteiger partial charge >= 0.3 is 0 Å². The summed E-state index contributed by atoms with van der Waals surface area (Å²) in [6, 6.07) is 4.24. The van der Waals surface area contributed by atoms with Crippen molar-refractivity contribution in [1.82, 2.24) is 4.90 Å². The van der Waals surface area contributed by atoms with Crippen molar-refractivity contribution in [2.24, 2.45) is 11.7 Å². The summed E-state index contributed by atoms with van der Waals surface area (Å²) in [5.74, 6) is -0.496. The Morgan fingerprint density at radius 2 is 2.00 bits per heavy atom. The predicted molar refractivity (Wildman–Crippen MR) is 68.0 cm³/mol. The van der Waals surface area contributed by atoms with Gasteiger partial charge in [0.15, 0.2) is 0 Å². The Balaban J connectivity index is 2.06. The molecule has 0 aromatic heterocycles. The number of benzene rings is 1. The zero-order chi connectivity index (χ0) is 13.1. The normalized spacial score (nSPS) is 25.3. The zero-order valence-electron chi connectivity index (χ0n) is 10.7. The highest BCUT2D eigenvalue weighted by molar-refractivity contribution is 5.19. The molecule has 1 aliphatic heterocycles. The molecule has 1 fully saturated rings. The summed E-state index contributed by atoms with van der Waals surface area (Å²) in [5, 5.41) is 0. The van der Waals surface area contributed by atoms with Gasteiger partial charge in [0.05, 0.1) is 0 Å². The molecule has 0 spiro atoms. The Hall–Kier alpha value is -1.00. The van der Waals surface area contributed by atoms with Crippen LogP contribution in [0.15, 0.2) is 18.2 Å². The maximum Gasteiger partial charge on any atom is 0.130 e. The number of nitrogens with zero attached hydrogens (tertiary/aromatic N) is 1. The number of likely N-dealkylation sites (tertiary alicyclic amines) is 1. The molecule has 0 aliphatic carbocycles. The van der Waals surface area contributed by atoms with E-state index in [-0.39, 0.29) is 11.6 Å². The van der Waals surface area contributed by atoms with E-state index in [1.165, 1.54) is 18.2 Å². The summed E-state index contributed by atoms with van der Waals surface area (Å²) >= 11 is 0. The highest BCUT2D eigenvalue weighted by Crippen LogP contribution is 2.22. The van der Waals surface area contributed by atoms with Crippen molar-refractivity contribution in [2.45, 2.75) is 32.4 Å². The van der Waals surface area contributed by atoms with Crippen LogP contribution in [0.25, 0.3) is 0 Å². The van der Waals surface area contributed by atoms with Crippen LogP contribution in [0.3, 0.4) is 0 Å². The summed E-state index contributed by atoms with van der Waals surface area (Å²) in [7, 11) is 0. The Morgan fingerprint density at radius 1 is 1.33 bits per heavy atom. The van der Waals surface area contributed by atoms with Crippen LogP contribution in [0.4, 0.5) is 8.78 Å². The standard InChI is InChI=1S/C14H20F2N2/c1-2-10-8-18(7-6-14(10)17)9-11-12(15)4-3-5-13(11)16/h3-5,10,14H,2,6-9,17H2,1H3. The molecule has 1 aliphatic rings. The molecule has 4 heteroatoms. The summed E-state index contributed by atoms with van der Waals surface area (Å²) < 4.78 is 27.1. The number of nitrogens with two attached hydrogens (primary N) is 1. The third-order valence-corrected chi connectivity index (χ3v) is 3.84. The van der Waals surface area contributed by atoms with Crippen LogP contribution in [-0.2, 0) is 6.54 Å². The van der Waals surface area contributed by atoms with Crippen molar-refractivity contribution >= 4 is 0 Å². The number of rotatable bonds is 3. The van der Waals surface area contributed by atoms with Crippen molar-refractivity contribution in [2.75, 3.05) is 13.1 Å². The van der Waals surface area contributed by atoms with Crippen LogP contribution < -0.4 is 5.73 Å². The first kappa shape index (κ1) is 13.4. The van der Waals surface area contributed by atoms with Crippen LogP contribution in [0, 0.1) is 17.6 Å². The quantitative estimate of drug-likeness (QED) is 0.898. The van der Waals surface area contributed by atoms with Crippen LogP contribution in [0.1, 0.15) is 25.3 Å². The van der Waals surface area contributed by atoms with E-state index in [9.17, 15) is 8.78 Å². The lowest BCUT2D eigenvalue weighted by Gasteiger charge is -2.36. The molecule has 0 bridgehead atoms. The van der Waals surface area contributed by atoms with Gasteiger partial charge in [0, 0.05) is 24.7 Å². The van der Waals surface area contributed by atoms with E-state index in [1.807, 2.05) is 0 Å². The first-order chi connectivity index (χ1) is 8.61. The van der Waals surface area contributed by atoms with Crippen LogP contribution >= 0.6 is 0 Å². The minimum atomic E-state index is -0.460. The van der Waals surface area contributed by atoms with Crippen molar-refractivity contribution < 1.29 is 8.78 Å². The van der Waals surface area contributed by atoms with E-state index >= 15 is 0 Å². The molecule has 0 radical (unpaired) electrons. The Morgan fingerprint density at radius 3 is 2.61 bits per heavy atom. The molecule has 1 saturated heterocycles. The van der Waals surface area contributed by atoms with Gasteiger partial charge in [-0.15, -0.1) is 0 Å². The number of piperidine rings is 1. The second-order valence-electron chi connectivity index (χ2n) is 5.06. The molecule has 2 N–H and O–H groups in total. The second kappa shape index (κ2) is 5.76. The fraction of sp³-hybridized carbons (Fsp3) is 0.571. The minimum Gasteiger partial charge on any atom is -0.327 e. The average Bonchev–Trinajstić information content (AvgIpc) is 2.36. The molecule has 2 unspecified atom stereocenters. The monoisotopic (exact) mass is 254 g/mol. The SMILES string of the molecule is CCC1CN(Cc2c(F)cccc2F)CCC1N. The minimum absolute atomic E-state index is 0.169. The maximum absolute atomic E-state index is 13.6. The van der Waals surface area contributed by atoms with Crippen LogP contribution in [0.5, 0.6) is 0 Å². The topological polar surface area (TPSA) is 29.3 Å². The third-order valence-electron chi connectivity index (χ3n) is 3.84. The van der Waals surface area contributed by atoms with Crippen LogP contribution in [-0.4, -0.2) is 24.0 Å². The molecule has 2 rings (SSSR count). The number of halogens is 2. The van der Waals surface area contributed by atoms with E-state index in [0.29, 0.717) is 12.5 Å². The predicted octanol–water partition coefficient (Wildman–Crippen LogP) is 2.52. The van der Waals surface area contributed by atoms with Gasteiger partial charge < -0.3 is 5.73 Å². The van der Waals surface area contributed by atoms with E-state index in [2.05, 4.69) is 11.8 Å². The third kappa shape index (κ3) is 2.87. The highest BCUT2D eigenvalue weighted by Gasteiger charge is 2.26. The summed E-state index contributed by atoms with van der Waals surface area (Å²) in [4.78, 5) is 2.10. The van der Waals surface area contributed by atoms with Gasteiger partial charge in [-0.1, -0.05) is 19.4 Å². The van der Waals surface area contributed by atoms with Gasteiger partial charge in [-0.05, 0) is 31.0 Å². The molecule has 2 atom stereocenters. The zero-order valence-corrected chi connectivity index (χ0v) is 10.7. The lowest BCUT2D eigenvalue weighted by Crippen LogP contribution is -2.46. The molecule has 1 aromatic carbocycles. The molecule has 2 nitrogen and oxygen atoms in total. The van der Waals surface area contributed by atoms with Crippen LogP contribution in [0.2, 0.25) is 0 Å². The highest BCUT2D eigenvalue weighted by atomic mass is 19.1. The molecule has 1 heterocycles. The lowest BCUT2D eigenvalue weighted by molar-refractivity contribution is 0.142. The molecular formula is C14H20F2N2. The van der Waals surface area contributed by atoms with Gasteiger partial charge in [-0.3, -0.25) is 4.90 Å². The first-order valence-corrected chi connectivity index (χ1v) is 6.52. The Labute approximate surface area is 107 Å². The number of hydrogen-bond acceptors (Lipinski definition) is 2. The van der Waals surface area contributed by atoms with Crippen molar-refractivity contribution in [1.29, 1.82) is 0 Å². The second-order valence-corrected chi connectivity index (χ2v) is 5.06. The lowest BCUT2D eigenvalue weighted by atomic mass is 9.90. The molecule has 18 heavy (non-hydrogen) atoms. The molecule has 1 aromatic rings. The van der Waals surface area contributed by atoms with Crippen molar-refractivity contribution in [3.05, 3.63) is 35.4 Å². The summed E-state index contributed by atoms with van der Waals surface area (Å²) in [6.07, 6.45) is 1.91. The largest absolute Gasteiger partial charge is 0.327 e. The maximum atomic E-state index is 13.6. The van der Waals surface area contributed by atoms with E-state index in [1.54, 1.807) is 0 Å². The molecule has 0 saturated carbocycles. The average molecular weight is 254 g/mol. The molecular weight excluding hydrogens is 234 g/mol. The molecule has 0 amide bonds. The number of hydrogen-bond donors (Lipinski definition) is 1. The van der Waals surface area contributed by atoms with Gasteiger partial charge in [-0.25, -0.2) is 8.78 Å². The van der Waals surface area contributed by atoms with Gasteiger partial charge in [0.25, 0.3) is 0 Å². The fourth-order valence-electron chi connectivity index (χ4n) is 2.61. The summed E-state index contributed by atoms with van der Waals surface area (Å²) in [5.41, 5.74) is 6.20. The smallest absolute Gasteiger partial charge is 0.130 e. The Bertz CT molecular complexity index is 389. The Kier molecular flexibility index (Phi) is 4.30. The fourth-order valence-corrected chi connectivity index (χ4v) is 2.61. The van der Waals surface area contributed by atoms with E-state index in [4.69, 9.17) is 5.73 Å². The van der Waals surface area contributed by atoms with Crippen molar-refractivity contribution in [3.63, 3.8) is 0 Å². The first-order valence-electron chi connectivity index (χ1n) is 6.52. The molecule has 100 valence electrons. The van der Waals surface area contributed by atoms with Gasteiger partial charge in [0.2, 0.25) is 0 Å².